The summed E-state index contributed by atoms with van der Waals surface area (Å²) >= 11 is 0. The Hall–Kier alpha value is -1.78. The fraction of sp³-hybridized carbons (Fsp3) is 0.143. The lowest BCUT2D eigenvalue weighted by atomic mass is 10.5. The molecule has 0 aliphatic rings. The number of nitrogens with zero attached hydrogens (tertiary/aromatic N) is 5. The third-order valence-electron chi connectivity index (χ3n) is 1.37. The van der Waals surface area contributed by atoms with Gasteiger partial charge in [0.05, 0.1) is 0 Å². The van der Waals surface area contributed by atoms with E-state index in [1.165, 1.54) is 4.80 Å². The molecule has 0 N–H and O–H groups in total. The summed E-state index contributed by atoms with van der Waals surface area (Å²) in [5, 5.41) is 11.5. The molecule has 0 aliphatic carbocycles. The van der Waals surface area contributed by atoms with Crippen molar-refractivity contribution in [2.75, 3.05) is 0 Å². The Morgan fingerprint density at radius 2 is 2.25 bits per heavy atom. The Bertz CT molecular complexity index is 366. The lowest BCUT2D eigenvalue weighted by Crippen LogP contribution is -2.00. The predicted octanol–water partition coefficient (Wildman–Crippen LogP) is 0.366. The van der Waals surface area contributed by atoms with Gasteiger partial charge in [0.15, 0.2) is 11.6 Å². The van der Waals surface area contributed by atoms with Crippen molar-refractivity contribution in [2.45, 2.75) is 6.92 Å². The standard InChI is InChI=1S/C7H7N5/c1-6-9-11-12(10-6)7-4-2-3-5-8-7/h2-5H,1H3. The average Bonchev–Trinajstić information content (AvgIpc) is 2.54. The maximum atomic E-state index is 4.06. The number of rotatable bonds is 1. The van der Waals surface area contributed by atoms with E-state index in [1.807, 2.05) is 18.2 Å². The first-order valence-electron chi connectivity index (χ1n) is 3.54. The third kappa shape index (κ3) is 1.16. The van der Waals surface area contributed by atoms with Gasteiger partial charge in [-0.1, -0.05) is 6.07 Å². The van der Waals surface area contributed by atoms with Crippen LogP contribution in [0.15, 0.2) is 24.4 Å². The summed E-state index contributed by atoms with van der Waals surface area (Å²) in [5.74, 6) is 1.32. The van der Waals surface area contributed by atoms with E-state index < -0.39 is 0 Å². The van der Waals surface area contributed by atoms with Crippen LogP contribution in [0.4, 0.5) is 0 Å². The van der Waals surface area contributed by atoms with E-state index in [-0.39, 0.29) is 0 Å². The number of aryl methyl sites for hydroxylation is 1. The molecule has 0 saturated carbocycles. The topological polar surface area (TPSA) is 56.5 Å². The molecule has 0 aromatic carbocycles. The molecular weight excluding hydrogens is 154 g/mol. The molecule has 0 atom stereocenters. The third-order valence-corrected chi connectivity index (χ3v) is 1.37. The lowest BCUT2D eigenvalue weighted by molar-refractivity contribution is 0.699. The van der Waals surface area contributed by atoms with Crippen molar-refractivity contribution >= 4 is 0 Å². The fourth-order valence-electron chi connectivity index (χ4n) is 0.853. The molecule has 0 amide bonds. The first-order chi connectivity index (χ1) is 5.86. The van der Waals surface area contributed by atoms with Crippen LogP contribution < -0.4 is 0 Å². The monoisotopic (exact) mass is 161 g/mol. The molecule has 2 aromatic rings. The minimum absolute atomic E-state index is 0.639. The van der Waals surface area contributed by atoms with Gasteiger partial charge >= 0.3 is 0 Å². The van der Waals surface area contributed by atoms with E-state index >= 15 is 0 Å². The van der Waals surface area contributed by atoms with E-state index in [4.69, 9.17) is 0 Å². The molecule has 5 nitrogen and oxygen atoms in total. The van der Waals surface area contributed by atoms with E-state index in [1.54, 1.807) is 13.1 Å². The van der Waals surface area contributed by atoms with Gasteiger partial charge in [-0.15, -0.1) is 15.0 Å². The van der Waals surface area contributed by atoms with Crippen molar-refractivity contribution in [2.24, 2.45) is 0 Å². The van der Waals surface area contributed by atoms with Gasteiger partial charge in [-0.25, -0.2) is 4.98 Å². The molecule has 2 rings (SSSR count). The van der Waals surface area contributed by atoms with Gasteiger partial charge in [-0.05, 0) is 24.3 Å². The molecule has 12 heavy (non-hydrogen) atoms. The molecule has 60 valence electrons. The molecule has 0 saturated heterocycles. The van der Waals surface area contributed by atoms with E-state index in [0.717, 1.165) is 0 Å². The maximum absolute atomic E-state index is 4.06. The number of pyridine rings is 1. The highest BCUT2D eigenvalue weighted by Crippen LogP contribution is 1.96. The first kappa shape index (κ1) is 6.90. The number of hydrogen-bond donors (Lipinski definition) is 0. The van der Waals surface area contributed by atoms with Gasteiger partial charge in [-0.3, -0.25) is 0 Å². The maximum Gasteiger partial charge on any atom is 0.176 e. The molecule has 2 aromatic heterocycles. The fourth-order valence-corrected chi connectivity index (χ4v) is 0.853. The van der Waals surface area contributed by atoms with Crippen LogP contribution in [0.5, 0.6) is 0 Å². The quantitative estimate of drug-likeness (QED) is 0.606. The zero-order chi connectivity index (χ0) is 8.39. The van der Waals surface area contributed by atoms with Crippen LogP contribution >= 0.6 is 0 Å². The number of tetrazole rings is 1. The van der Waals surface area contributed by atoms with Crippen LogP contribution in [0, 0.1) is 6.92 Å². The minimum Gasteiger partial charge on any atom is -0.236 e. The van der Waals surface area contributed by atoms with Crippen LogP contribution in [0.2, 0.25) is 0 Å². The van der Waals surface area contributed by atoms with Crippen LogP contribution in [0.3, 0.4) is 0 Å². The molecule has 0 unspecified atom stereocenters. The molecule has 5 heteroatoms. The highest BCUT2D eigenvalue weighted by molar-refractivity contribution is 5.16. The molecule has 0 bridgehead atoms. The summed E-state index contributed by atoms with van der Waals surface area (Å²) < 4.78 is 0. The van der Waals surface area contributed by atoms with Crippen molar-refractivity contribution in [3.05, 3.63) is 30.2 Å². The highest BCUT2D eigenvalue weighted by atomic mass is 15.6. The molecule has 0 radical (unpaired) electrons. The Morgan fingerprint density at radius 3 is 2.83 bits per heavy atom. The average molecular weight is 161 g/mol. The number of hydrogen-bond acceptors (Lipinski definition) is 4. The zero-order valence-electron chi connectivity index (χ0n) is 6.55. The second-order valence-electron chi connectivity index (χ2n) is 2.31. The Kier molecular flexibility index (Phi) is 1.55. The van der Waals surface area contributed by atoms with Crippen LogP contribution in [0.25, 0.3) is 5.82 Å². The van der Waals surface area contributed by atoms with Gasteiger partial charge in [0, 0.05) is 6.20 Å². The van der Waals surface area contributed by atoms with Crippen LogP contribution in [0.1, 0.15) is 5.82 Å². The van der Waals surface area contributed by atoms with Crippen molar-refractivity contribution in [1.29, 1.82) is 0 Å². The SMILES string of the molecule is Cc1nnn(-c2ccccn2)n1. The number of aromatic nitrogens is 5. The summed E-state index contributed by atoms with van der Waals surface area (Å²) in [6, 6.07) is 5.54. The molecule has 0 spiro atoms. The van der Waals surface area contributed by atoms with Crippen LogP contribution in [-0.4, -0.2) is 25.2 Å². The largest absolute Gasteiger partial charge is 0.236 e. The van der Waals surface area contributed by atoms with Crippen molar-refractivity contribution in [3.63, 3.8) is 0 Å². The Labute approximate surface area is 69.1 Å². The molecule has 0 aliphatic heterocycles. The van der Waals surface area contributed by atoms with Crippen molar-refractivity contribution in [1.82, 2.24) is 25.2 Å². The second-order valence-corrected chi connectivity index (χ2v) is 2.31. The summed E-state index contributed by atoms with van der Waals surface area (Å²) in [6.07, 6.45) is 1.69. The smallest absolute Gasteiger partial charge is 0.176 e. The van der Waals surface area contributed by atoms with Gasteiger partial charge < -0.3 is 0 Å². The normalized spacial score (nSPS) is 10.1. The summed E-state index contributed by atoms with van der Waals surface area (Å²) in [4.78, 5) is 5.46. The second kappa shape index (κ2) is 2.69. The Morgan fingerprint density at radius 1 is 1.33 bits per heavy atom. The van der Waals surface area contributed by atoms with Gasteiger partial charge in [0.2, 0.25) is 0 Å². The summed E-state index contributed by atoms with van der Waals surface area (Å²) in [7, 11) is 0. The van der Waals surface area contributed by atoms with Gasteiger partial charge in [-0.2, -0.15) is 0 Å². The molecule has 2 heterocycles. The van der Waals surface area contributed by atoms with Gasteiger partial charge in [0.25, 0.3) is 0 Å². The molecule has 0 fully saturated rings. The van der Waals surface area contributed by atoms with Crippen LogP contribution in [-0.2, 0) is 0 Å². The highest BCUT2D eigenvalue weighted by Gasteiger charge is 1.99. The molecular formula is C7H7N5. The van der Waals surface area contributed by atoms with E-state index in [9.17, 15) is 0 Å². The van der Waals surface area contributed by atoms with Crippen molar-refractivity contribution in [3.8, 4) is 5.82 Å². The minimum atomic E-state index is 0.639. The lowest BCUT2D eigenvalue weighted by Gasteiger charge is -1.93. The van der Waals surface area contributed by atoms with Gasteiger partial charge in [0.1, 0.15) is 0 Å². The predicted molar refractivity (Wildman–Crippen MR) is 41.7 cm³/mol. The summed E-state index contributed by atoms with van der Waals surface area (Å²) in [6.45, 7) is 1.78. The van der Waals surface area contributed by atoms with Crippen molar-refractivity contribution < 1.29 is 0 Å². The van der Waals surface area contributed by atoms with E-state index in [2.05, 4.69) is 20.4 Å². The van der Waals surface area contributed by atoms with E-state index in [0.29, 0.717) is 11.6 Å². The first-order valence-corrected chi connectivity index (χ1v) is 3.54. The summed E-state index contributed by atoms with van der Waals surface area (Å²) in [5.41, 5.74) is 0. The zero-order valence-corrected chi connectivity index (χ0v) is 6.55. The Balaban J connectivity index is 2.45.